The molecule has 3 rings (SSSR count). The van der Waals surface area contributed by atoms with Gasteiger partial charge in [-0.1, -0.05) is 18.2 Å². The summed E-state index contributed by atoms with van der Waals surface area (Å²) in [7, 11) is 1.38. The lowest BCUT2D eigenvalue weighted by atomic mass is 10.2. The van der Waals surface area contributed by atoms with Gasteiger partial charge in [-0.05, 0) is 19.1 Å². The second-order valence-electron chi connectivity index (χ2n) is 4.77. The normalized spacial score (nSPS) is 10.6. The molecule has 2 aromatic heterocycles. The van der Waals surface area contributed by atoms with Gasteiger partial charge in [0.25, 0.3) is 0 Å². The number of hydrogen-bond donors (Lipinski definition) is 0. The summed E-state index contributed by atoms with van der Waals surface area (Å²) in [5, 5.41) is 7.12. The maximum Gasteiger partial charge on any atom is 0.312 e. The molecular weight excluding hydrogens is 298 g/mol. The SMILES string of the molecule is COC(=O)Cc1nc(-c2cnn(-c3ccccc3)c2C)cs1. The van der Waals surface area contributed by atoms with Crippen molar-refractivity contribution < 1.29 is 9.53 Å². The molecule has 0 aliphatic heterocycles. The molecule has 1 aromatic carbocycles. The first-order valence-electron chi connectivity index (χ1n) is 6.80. The largest absolute Gasteiger partial charge is 0.469 e. The predicted octanol–water partition coefficient (Wildman–Crippen LogP) is 3.02. The van der Waals surface area contributed by atoms with Gasteiger partial charge in [0.15, 0.2) is 0 Å². The third-order valence-corrected chi connectivity index (χ3v) is 4.21. The van der Waals surface area contributed by atoms with Crippen LogP contribution in [0.2, 0.25) is 0 Å². The van der Waals surface area contributed by atoms with Crippen molar-refractivity contribution in [3.63, 3.8) is 0 Å². The van der Waals surface area contributed by atoms with E-state index in [9.17, 15) is 4.79 Å². The fourth-order valence-electron chi connectivity index (χ4n) is 2.20. The standard InChI is InChI=1S/C16H15N3O2S/c1-11-13(9-17-19(11)12-6-4-3-5-7-12)14-10-22-15(18-14)8-16(20)21-2/h3-7,9-10H,8H2,1-2H3. The predicted molar refractivity (Wildman–Crippen MR) is 85.1 cm³/mol. The summed E-state index contributed by atoms with van der Waals surface area (Å²) in [6.07, 6.45) is 2.01. The lowest BCUT2D eigenvalue weighted by molar-refractivity contribution is -0.139. The number of nitrogens with zero attached hydrogens (tertiary/aromatic N) is 3. The molecule has 0 saturated carbocycles. The molecule has 0 radical (unpaired) electrons. The number of rotatable bonds is 4. The average molecular weight is 313 g/mol. The van der Waals surface area contributed by atoms with Crippen LogP contribution in [0.15, 0.2) is 41.9 Å². The van der Waals surface area contributed by atoms with Crippen LogP contribution in [-0.4, -0.2) is 27.8 Å². The molecule has 6 heteroatoms. The van der Waals surface area contributed by atoms with Crippen molar-refractivity contribution in [1.82, 2.24) is 14.8 Å². The fraction of sp³-hybridized carbons (Fsp3) is 0.188. The Morgan fingerprint density at radius 3 is 2.82 bits per heavy atom. The second kappa shape index (κ2) is 6.11. The van der Waals surface area contributed by atoms with Crippen molar-refractivity contribution in [1.29, 1.82) is 0 Å². The molecule has 5 nitrogen and oxygen atoms in total. The van der Waals surface area contributed by atoms with Gasteiger partial charge in [0.1, 0.15) is 5.01 Å². The Morgan fingerprint density at radius 2 is 2.09 bits per heavy atom. The van der Waals surface area contributed by atoms with E-state index in [1.807, 2.05) is 47.3 Å². The Kier molecular flexibility index (Phi) is 4.02. The van der Waals surface area contributed by atoms with Crippen LogP contribution in [0, 0.1) is 6.92 Å². The van der Waals surface area contributed by atoms with Crippen LogP contribution in [0.1, 0.15) is 10.7 Å². The number of hydrogen-bond acceptors (Lipinski definition) is 5. The summed E-state index contributed by atoms with van der Waals surface area (Å²) >= 11 is 1.45. The first-order chi connectivity index (χ1) is 10.7. The van der Waals surface area contributed by atoms with Gasteiger partial charge in [0, 0.05) is 10.9 Å². The number of thiazole rings is 1. The zero-order valence-corrected chi connectivity index (χ0v) is 13.1. The van der Waals surface area contributed by atoms with Crippen LogP contribution in [0.5, 0.6) is 0 Å². The van der Waals surface area contributed by atoms with E-state index in [-0.39, 0.29) is 12.4 Å². The first-order valence-corrected chi connectivity index (χ1v) is 7.68. The Bertz CT molecular complexity index is 793. The van der Waals surface area contributed by atoms with Gasteiger partial charge in [-0.3, -0.25) is 4.79 Å². The second-order valence-corrected chi connectivity index (χ2v) is 5.71. The summed E-state index contributed by atoms with van der Waals surface area (Å²) in [4.78, 5) is 15.8. The molecule has 0 fully saturated rings. The van der Waals surface area contributed by atoms with E-state index in [4.69, 9.17) is 0 Å². The van der Waals surface area contributed by atoms with E-state index in [2.05, 4.69) is 14.8 Å². The zero-order valence-electron chi connectivity index (χ0n) is 12.3. The summed E-state index contributed by atoms with van der Waals surface area (Å²) in [6, 6.07) is 9.95. The molecule has 0 amide bonds. The molecule has 0 spiro atoms. The maximum absolute atomic E-state index is 11.3. The number of aromatic nitrogens is 3. The van der Waals surface area contributed by atoms with Gasteiger partial charge >= 0.3 is 5.97 Å². The molecule has 3 aromatic rings. The Hall–Kier alpha value is -2.47. The number of carbonyl (C=O) groups excluding carboxylic acids is 1. The number of benzene rings is 1. The smallest absolute Gasteiger partial charge is 0.312 e. The van der Waals surface area contributed by atoms with E-state index >= 15 is 0 Å². The van der Waals surface area contributed by atoms with Gasteiger partial charge in [0.05, 0.1) is 36.8 Å². The number of methoxy groups -OCH3 is 1. The monoisotopic (exact) mass is 313 g/mol. The average Bonchev–Trinajstić information content (AvgIpc) is 3.14. The van der Waals surface area contributed by atoms with E-state index in [1.165, 1.54) is 18.4 Å². The molecule has 0 bridgehead atoms. The highest BCUT2D eigenvalue weighted by molar-refractivity contribution is 7.10. The van der Waals surface area contributed by atoms with Gasteiger partial charge < -0.3 is 4.74 Å². The molecule has 0 aliphatic carbocycles. The van der Waals surface area contributed by atoms with Crippen LogP contribution in [0.4, 0.5) is 0 Å². The molecule has 0 unspecified atom stereocenters. The van der Waals surface area contributed by atoms with Crippen LogP contribution in [0.3, 0.4) is 0 Å². The highest BCUT2D eigenvalue weighted by Crippen LogP contribution is 2.26. The minimum absolute atomic E-state index is 0.201. The Labute approximate surface area is 132 Å². The van der Waals surface area contributed by atoms with Crippen LogP contribution in [-0.2, 0) is 16.0 Å². The van der Waals surface area contributed by atoms with Crippen molar-refractivity contribution in [2.75, 3.05) is 7.11 Å². The number of esters is 1. The van der Waals surface area contributed by atoms with E-state index in [0.717, 1.165) is 27.6 Å². The van der Waals surface area contributed by atoms with E-state index in [0.29, 0.717) is 0 Å². The van der Waals surface area contributed by atoms with Crippen LogP contribution < -0.4 is 0 Å². The molecule has 0 aliphatic rings. The van der Waals surface area contributed by atoms with E-state index in [1.54, 1.807) is 6.20 Å². The van der Waals surface area contributed by atoms with E-state index < -0.39 is 0 Å². The van der Waals surface area contributed by atoms with Crippen molar-refractivity contribution in [3.05, 3.63) is 52.6 Å². The Balaban J connectivity index is 1.90. The van der Waals surface area contributed by atoms with Crippen molar-refractivity contribution in [2.24, 2.45) is 0 Å². The zero-order chi connectivity index (χ0) is 15.5. The fourth-order valence-corrected chi connectivity index (χ4v) is 2.98. The maximum atomic E-state index is 11.3. The molecule has 22 heavy (non-hydrogen) atoms. The number of ether oxygens (including phenoxy) is 1. The van der Waals surface area contributed by atoms with Gasteiger partial charge in [-0.25, -0.2) is 9.67 Å². The number of carbonyl (C=O) groups is 1. The van der Waals surface area contributed by atoms with Crippen molar-refractivity contribution >= 4 is 17.3 Å². The molecule has 0 saturated heterocycles. The van der Waals surface area contributed by atoms with Gasteiger partial charge in [0.2, 0.25) is 0 Å². The minimum Gasteiger partial charge on any atom is -0.469 e. The highest BCUT2D eigenvalue weighted by Gasteiger charge is 2.14. The van der Waals surface area contributed by atoms with Gasteiger partial charge in [-0.2, -0.15) is 5.10 Å². The third kappa shape index (κ3) is 2.78. The third-order valence-electron chi connectivity index (χ3n) is 3.36. The summed E-state index contributed by atoms with van der Waals surface area (Å²) in [6.45, 7) is 2.01. The molecule has 112 valence electrons. The van der Waals surface area contributed by atoms with Crippen molar-refractivity contribution in [3.8, 4) is 16.9 Å². The van der Waals surface area contributed by atoms with Crippen LogP contribution in [0.25, 0.3) is 16.9 Å². The number of para-hydroxylation sites is 1. The van der Waals surface area contributed by atoms with Crippen molar-refractivity contribution in [2.45, 2.75) is 13.3 Å². The highest BCUT2D eigenvalue weighted by atomic mass is 32.1. The summed E-state index contributed by atoms with van der Waals surface area (Å²) in [5.74, 6) is -0.280. The quantitative estimate of drug-likeness (QED) is 0.695. The minimum atomic E-state index is -0.280. The Morgan fingerprint density at radius 1 is 1.32 bits per heavy atom. The molecular formula is C16H15N3O2S. The lowest BCUT2D eigenvalue weighted by Crippen LogP contribution is -2.03. The molecule has 0 N–H and O–H groups in total. The van der Waals surface area contributed by atoms with Crippen LogP contribution >= 0.6 is 11.3 Å². The molecule has 2 heterocycles. The first kappa shape index (κ1) is 14.5. The lowest BCUT2D eigenvalue weighted by Gasteiger charge is -2.04. The topological polar surface area (TPSA) is 57.0 Å². The summed E-state index contributed by atoms with van der Waals surface area (Å²) < 4.78 is 6.55. The van der Waals surface area contributed by atoms with Gasteiger partial charge in [-0.15, -0.1) is 11.3 Å². The molecule has 0 atom stereocenters. The summed E-state index contributed by atoms with van der Waals surface area (Å²) in [5.41, 5.74) is 3.83.